The van der Waals surface area contributed by atoms with Gasteiger partial charge in [-0.25, -0.2) is 4.68 Å². The molecule has 0 saturated carbocycles. The molecule has 4 heterocycles. The summed E-state index contributed by atoms with van der Waals surface area (Å²) in [5.74, 6) is -0.0749. The minimum atomic E-state index is -0.184. The van der Waals surface area contributed by atoms with Crippen LogP contribution in [0.3, 0.4) is 0 Å². The molecule has 1 saturated heterocycles. The van der Waals surface area contributed by atoms with Crippen LogP contribution in [0.1, 0.15) is 10.5 Å². The Hall–Kier alpha value is -3.13. The van der Waals surface area contributed by atoms with Gasteiger partial charge in [0.25, 0.3) is 5.91 Å². The molecule has 0 aromatic carbocycles. The fraction of sp³-hybridized carbons (Fsp3) is 0.278. The molecule has 1 fully saturated rings. The number of piperazine rings is 1. The number of hydrogen-bond acceptors (Lipinski definition) is 4. The largest absolute Gasteiger partial charge is 0.360 e. The molecular formula is C18H20N6O2. The lowest BCUT2D eigenvalue weighted by molar-refractivity contribution is 0.0657. The molecule has 0 bridgehead atoms. The monoisotopic (exact) mass is 352 g/mol. The van der Waals surface area contributed by atoms with Gasteiger partial charge >= 0.3 is 0 Å². The van der Waals surface area contributed by atoms with Crippen LogP contribution in [-0.2, 0) is 0 Å². The van der Waals surface area contributed by atoms with Gasteiger partial charge in [0, 0.05) is 44.6 Å². The van der Waals surface area contributed by atoms with Crippen molar-refractivity contribution in [3.63, 3.8) is 0 Å². The molecule has 8 nitrogen and oxygen atoms in total. The zero-order chi connectivity index (χ0) is 18.1. The summed E-state index contributed by atoms with van der Waals surface area (Å²) in [5.41, 5.74) is 2.51. The lowest BCUT2D eigenvalue weighted by Crippen LogP contribution is -2.47. The maximum Gasteiger partial charge on any atom is 0.274 e. The predicted octanol–water partition coefficient (Wildman–Crippen LogP) is 0.943. The maximum atomic E-state index is 12.9. The van der Waals surface area contributed by atoms with Gasteiger partial charge in [-0.15, -0.1) is 0 Å². The van der Waals surface area contributed by atoms with Gasteiger partial charge in [-0.1, -0.05) is 0 Å². The number of nitrogens with one attached hydrogen (secondary N) is 2. The van der Waals surface area contributed by atoms with Crippen molar-refractivity contribution in [2.24, 2.45) is 0 Å². The minimum absolute atomic E-state index is 0.0749. The smallest absolute Gasteiger partial charge is 0.274 e. The Labute approximate surface area is 150 Å². The third-order valence-electron chi connectivity index (χ3n) is 4.61. The number of likely N-dealkylation sites (N-methyl/N-ethyl adjacent to an activating group) is 1. The van der Waals surface area contributed by atoms with E-state index in [1.165, 1.54) is 6.07 Å². The van der Waals surface area contributed by atoms with Crippen molar-refractivity contribution in [2.75, 3.05) is 33.2 Å². The Balaban J connectivity index is 1.73. The quantitative estimate of drug-likeness (QED) is 0.734. The molecule has 2 N–H and O–H groups in total. The highest BCUT2D eigenvalue weighted by Crippen LogP contribution is 2.23. The van der Waals surface area contributed by atoms with E-state index in [4.69, 9.17) is 0 Å². The summed E-state index contributed by atoms with van der Waals surface area (Å²) >= 11 is 0. The van der Waals surface area contributed by atoms with E-state index >= 15 is 0 Å². The zero-order valence-corrected chi connectivity index (χ0v) is 14.5. The SMILES string of the molecule is CN1CCN(C(=O)c2cc(-c3ccc[nH]3)n(-c3ccc(=O)[nH]c3)n2)CC1. The molecule has 3 aromatic rings. The molecule has 0 unspecified atom stereocenters. The number of rotatable bonds is 3. The van der Waals surface area contributed by atoms with Crippen LogP contribution < -0.4 is 5.56 Å². The number of H-pyrrole nitrogens is 2. The Morgan fingerprint density at radius 3 is 2.58 bits per heavy atom. The molecule has 0 radical (unpaired) electrons. The first-order valence-corrected chi connectivity index (χ1v) is 8.52. The van der Waals surface area contributed by atoms with Gasteiger partial charge in [0.2, 0.25) is 5.56 Å². The van der Waals surface area contributed by atoms with Crippen LogP contribution in [0.5, 0.6) is 0 Å². The molecule has 4 rings (SSSR count). The second-order valence-electron chi connectivity index (χ2n) is 6.42. The van der Waals surface area contributed by atoms with E-state index < -0.39 is 0 Å². The van der Waals surface area contributed by atoms with E-state index in [1.807, 2.05) is 23.2 Å². The average molecular weight is 352 g/mol. The lowest BCUT2D eigenvalue weighted by Gasteiger charge is -2.31. The molecule has 1 amide bonds. The second-order valence-corrected chi connectivity index (χ2v) is 6.42. The molecule has 134 valence electrons. The van der Waals surface area contributed by atoms with E-state index in [1.54, 1.807) is 23.0 Å². The number of carbonyl (C=O) groups excluding carboxylic acids is 1. The van der Waals surface area contributed by atoms with E-state index in [-0.39, 0.29) is 11.5 Å². The molecule has 0 spiro atoms. The zero-order valence-electron chi connectivity index (χ0n) is 14.5. The fourth-order valence-electron chi connectivity index (χ4n) is 3.07. The van der Waals surface area contributed by atoms with Crippen LogP contribution >= 0.6 is 0 Å². The normalized spacial score (nSPS) is 15.3. The average Bonchev–Trinajstić information content (AvgIpc) is 3.32. The number of pyridine rings is 1. The molecule has 0 aliphatic carbocycles. The van der Waals surface area contributed by atoms with Crippen LogP contribution in [-0.4, -0.2) is 68.7 Å². The first kappa shape index (κ1) is 16.3. The van der Waals surface area contributed by atoms with Gasteiger partial charge in [0.15, 0.2) is 5.69 Å². The number of hydrogen-bond donors (Lipinski definition) is 2. The van der Waals surface area contributed by atoms with Gasteiger partial charge < -0.3 is 19.8 Å². The highest BCUT2D eigenvalue weighted by molar-refractivity contribution is 5.93. The van der Waals surface area contributed by atoms with Crippen LogP contribution in [0.2, 0.25) is 0 Å². The number of amides is 1. The Morgan fingerprint density at radius 2 is 1.92 bits per heavy atom. The Bertz CT molecular complexity index is 943. The van der Waals surface area contributed by atoms with Gasteiger partial charge in [0.05, 0.1) is 17.1 Å². The summed E-state index contributed by atoms with van der Waals surface area (Å²) in [7, 11) is 2.05. The molecule has 1 aliphatic rings. The van der Waals surface area contributed by atoms with E-state index in [9.17, 15) is 9.59 Å². The third-order valence-corrected chi connectivity index (χ3v) is 4.61. The summed E-state index contributed by atoms with van der Waals surface area (Å²) < 4.78 is 1.67. The number of aromatic amines is 2. The van der Waals surface area contributed by atoms with E-state index in [0.29, 0.717) is 24.5 Å². The summed E-state index contributed by atoms with van der Waals surface area (Å²) in [6.45, 7) is 3.10. The highest BCUT2D eigenvalue weighted by atomic mass is 16.2. The minimum Gasteiger partial charge on any atom is -0.360 e. The van der Waals surface area contributed by atoms with Gasteiger partial charge in [-0.3, -0.25) is 9.59 Å². The van der Waals surface area contributed by atoms with Crippen molar-refractivity contribution in [1.29, 1.82) is 0 Å². The van der Waals surface area contributed by atoms with Crippen molar-refractivity contribution in [1.82, 2.24) is 29.5 Å². The lowest BCUT2D eigenvalue weighted by atomic mass is 10.2. The van der Waals surface area contributed by atoms with Crippen molar-refractivity contribution in [2.45, 2.75) is 0 Å². The molecule has 26 heavy (non-hydrogen) atoms. The van der Waals surface area contributed by atoms with Crippen molar-refractivity contribution < 1.29 is 4.79 Å². The standard InChI is InChI=1S/C18H20N6O2/c1-22-7-9-23(10-8-22)18(26)15-11-16(14-3-2-6-19-14)24(21-15)13-4-5-17(25)20-12-13/h2-6,11-12,19H,7-10H2,1H3,(H,20,25). The summed E-state index contributed by atoms with van der Waals surface area (Å²) in [6, 6.07) is 8.72. The molecule has 0 atom stereocenters. The molecule has 8 heteroatoms. The maximum absolute atomic E-state index is 12.9. The summed E-state index contributed by atoms with van der Waals surface area (Å²) in [5, 5.41) is 4.53. The van der Waals surface area contributed by atoms with Gasteiger partial charge in [-0.05, 0) is 31.3 Å². The van der Waals surface area contributed by atoms with Crippen LogP contribution in [0, 0.1) is 0 Å². The van der Waals surface area contributed by atoms with Crippen molar-refractivity contribution in [3.05, 3.63) is 58.8 Å². The number of carbonyl (C=O) groups is 1. The third kappa shape index (κ3) is 3.06. The second kappa shape index (κ2) is 6.64. The summed E-state index contributed by atoms with van der Waals surface area (Å²) in [4.78, 5) is 34.1. The van der Waals surface area contributed by atoms with Crippen molar-refractivity contribution >= 4 is 5.91 Å². The Kier molecular flexibility index (Phi) is 4.18. The topological polar surface area (TPSA) is 90.0 Å². The highest BCUT2D eigenvalue weighted by Gasteiger charge is 2.24. The number of aromatic nitrogens is 4. The first-order valence-electron chi connectivity index (χ1n) is 8.52. The molecule has 1 aliphatic heterocycles. The van der Waals surface area contributed by atoms with Crippen LogP contribution in [0.4, 0.5) is 0 Å². The van der Waals surface area contributed by atoms with Crippen molar-refractivity contribution in [3.8, 4) is 17.1 Å². The van der Waals surface area contributed by atoms with Crippen LogP contribution in [0.15, 0.2) is 47.5 Å². The number of nitrogens with zero attached hydrogens (tertiary/aromatic N) is 4. The summed E-state index contributed by atoms with van der Waals surface area (Å²) in [6.07, 6.45) is 3.41. The van der Waals surface area contributed by atoms with Gasteiger partial charge in [-0.2, -0.15) is 5.10 Å². The molecular weight excluding hydrogens is 332 g/mol. The molecule has 3 aromatic heterocycles. The van der Waals surface area contributed by atoms with E-state index in [2.05, 4.69) is 27.0 Å². The van der Waals surface area contributed by atoms with E-state index in [0.717, 1.165) is 24.5 Å². The van der Waals surface area contributed by atoms with Crippen LogP contribution in [0.25, 0.3) is 17.1 Å². The Morgan fingerprint density at radius 1 is 1.12 bits per heavy atom. The predicted molar refractivity (Wildman–Crippen MR) is 97.4 cm³/mol. The first-order chi connectivity index (χ1) is 12.6. The van der Waals surface area contributed by atoms with Gasteiger partial charge in [0.1, 0.15) is 0 Å². The fourth-order valence-corrected chi connectivity index (χ4v) is 3.07.